The smallest absolute Gasteiger partial charge is 0.306 e. The zero-order valence-electron chi connectivity index (χ0n) is 17.6. The molecule has 0 spiro atoms. The Kier molecular flexibility index (Phi) is 4.99. The molecule has 34 heavy (non-hydrogen) atoms. The van der Waals surface area contributed by atoms with Crippen LogP contribution in [0.25, 0.3) is 16.9 Å². The minimum absolute atomic E-state index is 0.0113. The molecule has 176 valence electrons. The van der Waals surface area contributed by atoms with E-state index in [0.29, 0.717) is 11.3 Å². The maximum atomic E-state index is 14.2. The lowest BCUT2D eigenvalue weighted by Gasteiger charge is -2.28. The molecule has 1 aliphatic rings. The molecule has 0 fully saturated rings. The van der Waals surface area contributed by atoms with Crippen LogP contribution in [0.3, 0.4) is 0 Å². The fraction of sp³-hybridized carbons (Fsp3) is 0.250. The highest BCUT2D eigenvalue weighted by Gasteiger charge is 2.60. The molecule has 4 aromatic heterocycles. The van der Waals surface area contributed by atoms with Gasteiger partial charge in [0, 0.05) is 31.4 Å². The molecule has 0 aromatic carbocycles. The van der Waals surface area contributed by atoms with Crippen molar-refractivity contribution in [2.45, 2.75) is 18.5 Å². The van der Waals surface area contributed by atoms with E-state index >= 15 is 0 Å². The summed E-state index contributed by atoms with van der Waals surface area (Å²) in [5.74, 6) is 0. The van der Waals surface area contributed by atoms with Crippen LogP contribution >= 0.6 is 23.2 Å². The molecular weight excluding hydrogens is 496 g/mol. The predicted molar refractivity (Wildman–Crippen MR) is 119 cm³/mol. The van der Waals surface area contributed by atoms with E-state index in [2.05, 4.69) is 25.5 Å². The third kappa shape index (κ3) is 3.44. The molecule has 0 unspecified atom stereocenters. The summed E-state index contributed by atoms with van der Waals surface area (Å²) in [7, 11) is 1.74. The molecule has 0 aliphatic carbocycles. The summed E-state index contributed by atoms with van der Waals surface area (Å²) in [6, 6.07) is 2.00. The summed E-state index contributed by atoms with van der Waals surface area (Å²) >= 11 is 12.2. The Hall–Kier alpha value is -3.38. The van der Waals surface area contributed by atoms with Crippen molar-refractivity contribution in [3.8, 4) is 11.3 Å². The topological polar surface area (TPSA) is 93.2 Å². The van der Waals surface area contributed by atoms with Crippen LogP contribution in [0.1, 0.15) is 12.6 Å². The van der Waals surface area contributed by atoms with Crippen molar-refractivity contribution in [2.24, 2.45) is 7.05 Å². The molecule has 14 heteroatoms. The first kappa shape index (κ1) is 22.4. The minimum Gasteiger partial charge on any atom is -0.306 e. The lowest BCUT2D eigenvalue weighted by molar-refractivity contribution is -0.181. The van der Waals surface area contributed by atoms with Gasteiger partial charge in [-0.3, -0.25) is 14.6 Å². The molecule has 0 saturated carbocycles. The van der Waals surface area contributed by atoms with E-state index < -0.39 is 24.2 Å². The van der Waals surface area contributed by atoms with Crippen LogP contribution in [0.4, 0.5) is 29.3 Å². The highest BCUT2D eigenvalue weighted by atomic mass is 35.5. The van der Waals surface area contributed by atoms with Crippen LogP contribution in [-0.4, -0.2) is 48.1 Å². The number of amides is 2. The first-order valence-corrected chi connectivity index (χ1v) is 10.6. The first-order valence-electron chi connectivity index (χ1n) is 9.82. The number of hydrogen-bond donors (Lipinski definition) is 1. The van der Waals surface area contributed by atoms with E-state index in [-0.39, 0.29) is 32.9 Å². The number of alkyl halides is 3. The van der Waals surface area contributed by atoms with Crippen molar-refractivity contribution in [1.29, 1.82) is 0 Å². The van der Waals surface area contributed by atoms with Crippen LogP contribution in [0.15, 0.2) is 36.9 Å². The standard InChI is InChI=1S/C20H15Cl2F3N8O/c1-19(20(23,24)25)9-32(13-7-26-15-4-14(22)30-33(15)17(13)19)18(34)29-11-3-12(21)16(27-6-11)10-5-28-31(2)8-10/h3-8H,9H2,1-2H3,(H,29,34)/t19-/m1/s1. The average molecular weight is 511 g/mol. The van der Waals surface area contributed by atoms with Crippen molar-refractivity contribution in [3.63, 3.8) is 0 Å². The van der Waals surface area contributed by atoms with Crippen molar-refractivity contribution < 1.29 is 18.0 Å². The average Bonchev–Trinajstić information content (AvgIpc) is 3.42. The summed E-state index contributed by atoms with van der Waals surface area (Å²) in [5.41, 5.74) is -1.19. The van der Waals surface area contributed by atoms with Gasteiger partial charge in [-0.2, -0.15) is 23.4 Å². The van der Waals surface area contributed by atoms with E-state index in [1.165, 1.54) is 24.5 Å². The number of carbonyl (C=O) groups is 1. The highest BCUT2D eigenvalue weighted by molar-refractivity contribution is 6.33. The second kappa shape index (κ2) is 7.57. The third-order valence-corrected chi connectivity index (χ3v) is 6.14. The number of fused-ring (bicyclic) bond motifs is 3. The van der Waals surface area contributed by atoms with Gasteiger partial charge in [0.15, 0.2) is 10.8 Å². The molecule has 0 bridgehead atoms. The number of hydrogen-bond acceptors (Lipinski definition) is 5. The van der Waals surface area contributed by atoms with Gasteiger partial charge >= 0.3 is 12.2 Å². The molecule has 2 amide bonds. The van der Waals surface area contributed by atoms with Gasteiger partial charge < -0.3 is 5.32 Å². The van der Waals surface area contributed by atoms with Gasteiger partial charge in [0.2, 0.25) is 0 Å². The van der Waals surface area contributed by atoms with Crippen LogP contribution < -0.4 is 10.2 Å². The maximum Gasteiger partial charge on any atom is 0.401 e. The van der Waals surface area contributed by atoms with Gasteiger partial charge in [-0.15, -0.1) is 0 Å². The van der Waals surface area contributed by atoms with Crippen LogP contribution in [-0.2, 0) is 12.5 Å². The monoisotopic (exact) mass is 510 g/mol. The number of carbonyl (C=O) groups excluding carboxylic acids is 1. The summed E-state index contributed by atoms with van der Waals surface area (Å²) in [6.45, 7) is 0.333. The highest BCUT2D eigenvalue weighted by Crippen LogP contribution is 2.50. The molecule has 0 radical (unpaired) electrons. The van der Waals surface area contributed by atoms with Gasteiger partial charge in [-0.25, -0.2) is 14.3 Å². The Morgan fingerprint density at radius 3 is 2.59 bits per heavy atom. The zero-order chi connectivity index (χ0) is 24.4. The number of nitrogens with zero attached hydrogens (tertiary/aromatic N) is 7. The van der Waals surface area contributed by atoms with Crippen LogP contribution in [0.5, 0.6) is 0 Å². The molecule has 1 atom stereocenters. The third-order valence-electron chi connectivity index (χ3n) is 5.66. The number of aromatic nitrogens is 6. The SMILES string of the molecule is Cn1cc(-c2ncc(NC(=O)N3C[C@@](C)(C(F)(F)F)c4c3cnc3cc(Cl)nn43)cc2Cl)cn1. The lowest BCUT2D eigenvalue weighted by atomic mass is 9.88. The lowest BCUT2D eigenvalue weighted by Crippen LogP contribution is -2.46. The summed E-state index contributed by atoms with van der Waals surface area (Å²) < 4.78 is 45.2. The van der Waals surface area contributed by atoms with Gasteiger partial charge in [-0.1, -0.05) is 23.2 Å². The summed E-state index contributed by atoms with van der Waals surface area (Å²) in [6.07, 6.45) is 1.19. The molecule has 4 aromatic rings. The number of urea groups is 1. The predicted octanol–water partition coefficient (Wildman–Crippen LogP) is 4.70. The van der Waals surface area contributed by atoms with Crippen molar-refractivity contribution in [3.05, 3.63) is 52.8 Å². The van der Waals surface area contributed by atoms with Crippen molar-refractivity contribution in [1.82, 2.24) is 29.4 Å². The number of nitrogens with one attached hydrogen (secondary N) is 1. The van der Waals surface area contributed by atoms with E-state index in [4.69, 9.17) is 23.2 Å². The molecular formula is C20H15Cl2F3N8O. The van der Waals surface area contributed by atoms with E-state index in [9.17, 15) is 18.0 Å². The number of halogens is 5. The fourth-order valence-electron chi connectivity index (χ4n) is 3.95. The van der Waals surface area contributed by atoms with Gasteiger partial charge in [0.05, 0.1) is 46.4 Å². The molecule has 9 nitrogen and oxygen atoms in total. The van der Waals surface area contributed by atoms with Gasteiger partial charge in [0.1, 0.15) is 5.41 Å². The Morgan fingerprint density at radius 1 is 1.18 bits per heavy atom. The van der Waals surface area contributed by atoms with Crippen molar-refractivity contribution in [2.75, 3.05) is 16.8 Å². The number of anilines is 2. The molecule has 1 N–H and O–H groups in total. The normalized spacial score (nSPS) is 17.9. The maximum absolute atomic E-state index is 14.2. The Bertz CT molecular complexity index is 1450. The Balaban J connectivity index is 1.50. The number of rotatable bonds is 2. The first-order chi connectivity index (χ1) is 16.0. The molecule has 5 heterocycles. The minimum atomic E-state index is -4.68. The quantitative estimate of drug-likeness (QED) is 0.421. The summed E-state index contributed by atoms with van der Waals surface area (Å²) in [4.78, 5) is 22.4. The fourth-order valence-corrected chi connectivity index (χ4v) is 4.39. The summed E-state index contributed by atoms with van der Waals surface area (Å²) in [5, 5.41) is 10.8. The van der Waals surface area contributed by atoms with Gasteiger partial charge in [-0.05, 0) is 13.0 Å². The number of pyridine rings is 1. The van der Waals surface area contributed by atoms with Crippen LogP contribution in [0.2, 0.25) is 10.2 Å². The van der Waals surface area contributed by atoms with Crippen LogP contribution in [0, 0.1) is 0 Å². The Morgan fingerprint density at radius 2 is 1.94 bits per heavy atom. The largest absolute Gasteiger partial charge is 0.401 e. The Labute approximate surface area is 200 Å². The molecule has 1 aliphatic heterocycles. The van der Waals surface area contributed by atoms with Gasteiger partial charge in [0.25, 0.3) is 0 Å². The second-order valence-corrected chi connectivity index (χ2v) is 8.83. The zero-order valence-corrected chi connectivity index (χ0v) is 19.1. The molecule has 0 saturated heterocycles. The number of aryl methyl sites for hydroxylation is 1. The molecule has 5 rings (SSSR count). The van der Waals surface area contributed by atoms with E-state index in [1.807, 2.05) is 0 Å². The van der Waals surface area contributed by atoms with E-state index in [0.717, 1.165) is 16.3 Å². The van der Waals surface area contributed by atoms with Crippen molar-refractivity contribution >= 4 is 46.3 Å². The second-order valence-electron chi connectivity index (χ2n) is 8.03. The van der Waals surface area contributed by atoms with E-state index in [1.54, 1.807) is 24.1 Å².